The highest BCUT2D eigenvalue weighted by molar-refractivity contribution is 6.30. The van der Waals surface area contributed by atoms with Gasteiger partial charge in [0.2, 0.25) is 0 Å². The van der Waals surface area contributed by atoms with Crippen molar-refractivity contribution >= 4 is 23.3 Å². The first-order valence-electron chi connectivity index (χ1n) is 9.86. The Morgan fingerprint density at radius 2 is 1.76 bits per heavy atom. The van der Waals surface area contributed by atoms with Gasteiger partial charge in [-0.2, -0.15) is 0 Å². The SMILES string of the molecule is CCc1c(Cl)nc(-c2ccccc2)nc1N1CCN(C(=O)c2cccn2C)CC1. The topological polar surface area (TPSA) is 54.3 Å². The maximum Gasteiger partial charge on any atom is 0.270 e. The summed E-state index contributed by atoms with van der Waals surface area (Å²) in [6, 6.07) is 13.6. The molecule has 1 fully saturated rings. The number of carbonyl (C=O) groups is 1. The molecule has 0 N–H and O–H groups in total. The number of hydrogen-bond donors (Lipinski definition) is 0. The lowest BCUT2D eigenvalue weighted by Gasteiger charge is -2.36. The summed E-state index contributed by atoms with van der Waals surface area (Å²) in [4.78, 5) is 26.3. The average molecular weight is 410 g/mol. The van der Waals surface area contributed by atoms with Crippen LogP contribution in [0.2, 0.25) is 5.15 Å². The molecule has 29 heavy (non-hydrogen) atoms. The number of rotatable bonds is 4. The van der Waals surface area contributed by atoms with Crippen molar-refractivity contribution in [2.75, 3.05) is 31.1 Å². The van der Waals surface area contributed by atoms with E-state index in [4.69, 9.17) is 16.6 Å². The van der Waals surface area contributed by atoms with Gasteiger partial charge in [-0.05, 0) is 18.6 Å². The summed E-state index contributed by atoms with van der Waals surface area (Å²) in [6.45, 7) is 4.78. The van der Waals surface area contributed by atoms with Crippen LogP contribution in [0.25, 0.3) is 11.4 Å². The Labute approximate surface area is 175 Å². The molecule has 7 heteroatoms. The van der Waals surface area contributed by atoms with Crippen LogP contribution in [-0.2, 0) is 13.5 Å². The van der Waals surface area contributed by atoms with Gasteiger partial charge in [-0.3, -0.25) is 4.79 Å². The molecule has 6 nitrogen and oxygen atoms in total. The van der Waals surface area contributed by atoms with Crippen LogP contribution in [0.4, 0.5) is 5.82 Å². The Bertz CT molecular complexity index is 1010. The van der Waals surface area contributed by atoms with Crippen LogP contribution >= 0.6 is 11.6 Å². The van der Waals surface area contributed by atoms with Crippen molar-refractivity contribution in [3.63, 3.8) is 0 Å². The normalized spacial score (nSPS) is 14.3. The van der Waals surface area contributed by atoms with Crippen LogP contribution in [0.5, 0.6) is 0 Å². The quantitative estimate of drug-likeness (QED) is 0.617. The minimum atomic E-state index is 0.0681. The molecule has 0 aliphatic carbocycles. The number of nitrogens with zero attached hydrogens (tertiary/aromatic N) is 5. The number of aromatic nitrogens is 3. The second kappa shape index (κ2) is 8.25. The largest absolute Gasteiger partial charge is 0.353 e. The minimum Gasteiger partial charge on any atom is -0.353 e. The predicted molar refractivity (Wildman–Crippen MR) is 115 cm³/mol. The van der Waals surface area contributed by atoms with E-state index in [9.17, 15) is 4.79 Å². The maximum absolute atomic E-state index is 12.8. The van der Waals surface area contributed by atoms with Gasteiger partial charge in [0, 0.05) is 50.6 Å². The van der Waals surface area contributed by atoms with E-state index in [2.05, 4.69) is 16.8 Å². The first kappa shape index (κ1) is 19.5. The van der Waals surface area contributed by atoms with Gasteiger partial charge in [0.25, 0.3) is 5.91 Å². The van der Waals surface area contributed by atoms with Crippen molar-refractivity contribution in [2.45, 2.75) is 13.3 Å². The lowest BCUT2D eigenvalue weighted by molar-refractivity contribution is 0.0737. The monoisotopic (exact) mass is 409 g/mol. The Morgan fingerprint density at radius 3 is 2.38 bits per heavy atom. The molecule has 2 aromatic heterocycles. The molecular formula is C22H24ClN5O. The summed E-state index contributed by atoms with van der Waals surface area (Å²) in [5.74, 6) is 1.57. The molecule has 3 aromatic rings. The average Bonchev–Trinajstić information content (AvgIpc) is 3.19. The molecule has 3 heterocycles. The number of benzene rings is 1. The van der Waals surface area contributed by atoms with Crippen molar-refractivity contribution in [1.82, 2.24) is 19.4 Å². The van der Waals surface area contributed by atoms with E-state index in [1.165, 1.54) is 0 Å². The molecule has 0 radical (unpaired) electrons. The summed E-state index contributed by atoms with van der Waals surface area (Å²) >= 11 is 6.52. The zero-order chi connectivity index (χ0) is 20.4. The summed E-state index contributed by atoms with van der Waals surface area (Å²) in [5.41, 5.74) is 2.61. The Kier molecular flexibility index (Phi) is 5.53. The first-order valence-corrected chi connectivity index (χ1v) is 10.2. The van der Waals surface area contributed by atoms with Gasteiger partial charge in [0.05, 0.1) is 0 Å². The molecule has 1 saturated heterocycles. The molecule has 0 unspecified atom stereocenters. The van der Waals surface area contributed by atoms with E-state index in [1.807, 2.05) is 65.2 Å². The van der Waals surface area contributed by atoms with Gasteiger partial charge in [-0.15, -0.1) is 0 Å². The van der Waals surface area contributed by atoms with Crippen molar-refractivity contribution in [1.29, 1.82) is 0 Å². The van der Waals surface area contributed by atoms with Crippen LogP contribution in [0.1, 0.15) is 23.0 Å². The van der Waals surface area contributed by atoms with Crippen molar-refractivity contribution in [3.8, 4) is 11.4 Å². The third kappa shape index (κ3) is 3.85. The fourth-order valence-corrected chi connectivity index (χ4v) is 3.99. The van der Waals surface area contributed by atoms with E-state index in [1.54, 1.807) is 0 Å². The van der Waals surface area contributed by atoms with Crippen LogP contribution in [0.3, 0.4) is 0 Å². The van der Waals surface area contributed by atoms with E-state index in [0.29, 0.717) is 42.9 Å². The number of aryl methyl sites for hydroxylation is 1. The lowest BCUT2D eigenvalue weighted by Crippen LogP contribution is -2.49. The molecule has 0 bridgehead atoms. The summed E-state index contributed by atoms with van der Waals surface area (Å²) in [7, 11) is 1.89. The number of halogens is 1. The summed E-state index contributed by atoms with van der Waals surface area (Å²) in [5, 5.41) is 0.499. The standard InChI is InChI=1S/C22H24ClN5O/c1-3-17-19(23)24-20(16-8-5-4-6-9-16)25-21(17)27-12-14-28(15-13-27)22(29)18-10-7-11-26(18)2/h4-11H,3,12-15H2,1-2H3. The van der Waals surface area contributed by atoms with Crippen molar-refractivity contribution in [2.24, 2.45) is 7.05 Å². The number of amides is 1. The van der Waals surface area contributed by atoms with Crippen LogP contribution in [-0.4, -0.2) is 51.5 Å². The molecule has 0 atom stereocenters. The molecule has 1 aliphatic rings. The van der Waals surface area contributed by atoms with Gasteiger partial charge in [-0.1, -0.05) is 48.9 Å². The number of carbonyl (C=O) groups excluding carboxylic acids is 1. The van der Waals surface area contributed by atoms with Crippen molar-refractivity contribution < 1.29 is 4.79 Å². The van der Waals surface area contributed by atoms with Gasteiger partial charge in [-0.25, -0.2) is 9.97 Å². The molecule has 1 aliphatic heterocycles. The lowest BCUT2D eigenvalue weighted by atomic mass is 10.1. The zero-order valence-electron chi connectivity index (χ0n) is 16.7. The molecule has 4 rings (SSSR count). The molecular weight excluding hydrogens is 386 g/mol. The van der Waals surface area contributed by atoms with Gasteiger partial charge >= 0.3 is 0 Å². The number of hydrogen-bond acceptors (Lipinski definition) is 4. The highest BCUT2D eigenvalue weighted by Gasteiger charge is 2.26. The second-order valence-corrected chi connectivity index (χ2v) is 7.50. The van der Waals surface area contributed by atoms with Crippen LogP contribution in [0, 0.1) is 0 Å². The fraction of sp³-hybridized carbons (Fsp3) is 0.318. The van der Waals surface area contributed by atoms with Crippen LogP contribution in [0.15, 0.2) is 48.7 Å². The zero-order valence-corrected chi connectivity index (χ0v) is 17.4. The number of piperazine rings is 1. The molecule has 0 spiro atoms. The highest BCUT2D eigenvalue weighted by atomic mass is 35.5. The second-order valence-electron chi connectivity index (χ2n) is 7.14. The number of anilines is 1. The Morgan fingerprint density at radius 1 is 1.03 bits per heavy atom. The third-order valence-electron chi connectivity index (χ3n) is 5.35. The smallest absolute Gasteiger partial charge is 0.270 e. The summed E-state index contributed by atoms with van der Waals surface area (Å²) in [6.07, 6.45) is 2.65. The Hall–Kier alpha value is -2.86. The first-order chi connectivity index (χ1) is 14.1. The van der Waals surface area contributed by atoms with Crippen molar-refractivity contribution in [3.05, 3.63) is 65.1 Å². The predicted octanol–water partition coefficient (Wildman–Crippen LogP) is 3.66. The molecule has 1 aromatic carbocycles. The molecule has 1 amide bonds. The molecule has 0 saturated carbocycles. The fourth-order valence-electron chi connectivity index (χ4n) is 3.69. The van der Waals surface area contributed by atoms with Crippen LogP contribution < -0.4 is 4.90 Å². The highest BCUT2D eigenvalue weighted by Crippen LogP contribution is 2.29. The molecule has 150 valence electrons. The van der Waals surface area contributed by atoms with Gasteiger partial charge < -0.3 is 14.4 Å². The van der Waals surface area contributed by atoms with Gasteiger partial charge in [0.1, 0.15) is 16.7 Å². The van der Waals surface area contributed by atoms with E-state index >= 15 is 0 Å². The third-order valence-corrected chi connectivity index (χ3v) is 5.66. The summed E-state index contributed by atoms with van der Waals surface area (Å²) < 4.78 is 1.86. The Balaban J connectivity index is 1.57. The van der Waals surface area contributed by atoms with E-state index in [-0.39, 0.29) is 5.91 Å². The maximum atomic E-state index is 12.8. The van der Waals surface area contributed by atoms with E-state index < -0.39 is 0 Å². The minimum absolute atomic E-state index is 0.0681. The van der Waals surface area contributed by atoms with Gasteiger partial charge in [0.15, 0.2) is 5.82 Å². The van der Waals surface area contributed by atoms with E-state index in [0.717, 1.165) is 23.4 Å².